The van der Waals surface area contributed by atoms with E-state index in [-0.39, 0.29) is 17.2 Å². The van der Waals surface area contributed by atoms with E-state index in [4.69, 9.17) is 4.42 Å². The van der Waals surface area contributed by atoms with E-state index in [1.807, 2.05) is 32.0 Å². The normalized spacial score (nSPS) is 11.1. The van der Waals surface area contributed by atoms with Gasteiger partial charge in [-0.05, 0) is 61.4 Å². The summed E-state index contributed by atoms with van der Waals surface area (Å²) in [5.41, 5.74) is 2.60. The Balaban J connectivity index is 1.64. The molecule has 0 radical (unpaired) electrons. The van der Waals surface area contributed by atoms with Crippen LogP contribution in [0.4, 0.5) is 11.4 Å². The van der Waals surface area contributed by atoms with E-state index in [1.54, 1.807) is 6.07 Å². The molecule has 0 aliphatic heterocycles. The largest absolute Gasteiger partial charge is 0.459 e. The van der Waals surface area contributed by atoms with Crippen molar-refractivity contribution in [2.24, 2.45) is 0 Å². The van der Waals surface area contributed by atoms with Crippen LogP contribution in [0, 0.1) is 13.8 Å². The van der Waals surface area contributed by atoms with Crippen LogP contribution in [-0.4, -0.2) is 38.7 Å². The minimum absolute atomic E-state index is 0.0678. The first kappa shape index (κ1) is 22.1. The molecule has 2 N–H and O–H groups in total. The second-order valence-electron chi connectivity index (χ2n) is 7.08. The number of hydrogen-bond acceptors (Lipinski definition) is 5. The Morgan fingerprint density at radius 2 is 1.61 bits per heavy atom. The van der Waals surface area contributed by atoms with E-state index in [0.717, 1.165) is 11.1 Å². The predicted molar refractivity (Wildman–Crippen MR) is 117 cm³/mol. The lowest BCUT2D eigenvalue weighted by molar-refractivity contribution is -0.116. The molecule has 162 valence electrons. The van der Waals surface area contributed by atoms with Gasteiger partial charge >= 0.3 is 0 Å². The molecule has 31 heavy (non-hydrogen) atoms. The molecule has 3 rings (SSSR count). The molecular formula is C22H23N3O5S. The summed E-state index contributed by atoms with van der Waals surface area (Å²) in [4.78, 5) is 25.6. The highest BCUT2D eigenvalue weighted by atomic mass is 32.2. The summed E-state index contributed by atoms with van der Waals surface area (Å²) in [6.07, 6.45) is 1.38. The van der Waals surface area contributed by atoms with Gasteiger partial charge in [0.1, 0.15) is 0 Å². The number of sulfonamides is 1. The second kappa shape index (κ2) is 9.05. The smallest absolute Gasteiger partial charge is 0.289 e. The number of aryl methyl sites for hydroxylation is 2. The van der Waals surface area contributed by atoms with Gasteiger partial charge in [-0.3, -0.25) is 14.3 Å². The monoisotopic (exact) mass is 441 g/mol. The molecule has 0 saturated heterocycles. The average molecular weight is 442 g/mol. The maximum Gasteiger partial charge on any atom is 0.289 e. The van der Waals surface area contributed by atoms with Crippen molar-refractivity contribution in [3.8, 4) is 0 Å². The zero-order valence-corrected chi connectivity index (χ0v) is 18.2. The Labute approximate surface area is 180 Å². The Kier molecular flexibility index (Phi) is 6.45. The summed E-state index contributed by atoms with van der Waals surface area (Å²) in [5, 5.41) is 2.64. The van der Waals surface area contributed by atoms with Crippen LogP contribution in [0.25, 0.3) is 0 Å². The average Bonchev–Trinajstić information content (AvgIpc) is 3.25. The lowest BCUT2D eigenvalue weighted by atomic mass is 10.1. The van der Waals surface area contributed by atoms with Gasteiger partial charge in [-0.1, -0.05) is 18.2 Å². The molecule has 0 saturated carbocycles. The molecule has 1 heterocycles. The molecule has 0 aliphatic rings. The van der Waals surface area contributed by atoms with Crippen LogP contribution in [0.15, 0.2) is 70.2 Å². The maximum absolute atomic E-state index is 12.7. The van der Waals surface area contributed by atoms with Gasteiger partial charge in [0.05, 0.1) is 23.4 Å². The minimum atomic E-state index is -3.78. The first-order valence-electron chi connectivity index (χ1n) is 9.45. The van der Waals surface area contributed by atoms with Crippen molar-refractivity contribution in [2.75, 3.05) is 23.6 Å². The number of nitrogens with one attached hydrogen (secondary N) is 2. The summed E-state index contributed by atoms with van der Waals surface area (Å²) in [6.45, 7) is 3.47. The fraction of sp³-hybridized carbons (Fsp3) is 0.182. The van der Waals surface area contributed by atoms with Crippen molar-refractivity contribution in [3.05, 3.63) is 77.7 Å². The molecule has 0 atom stereocenters. The number of para-hydroxylation sites is 1. The molecule has 0 unspecified atom stereocenters. The Morgan fingerprint density at radius 1 is 0.968 bits per heavy atom. The van der Waals surface area contributed by atoms with Crippen molar-refractivity contribution in [1.82, 2.24) is 4.90 Å². The Bertz CT molecular complexity index is 1170. The first-order chi connectivity index (χ1) is 14.7. The van der Waals surface area contributed by atoms with E-state index < -0.39 is 21.8 Å². The third-order valence-corrected chi connectivity index (χ3v) is 5.99. The highest BCUT2D eigenvalue weighted by Gasteiger charge is 2.19. The SMILES string of the molecule is Cc1cccc(C)c1NS(=O)(=O)c1ccc(NC(=O)CN(C)C(=O)c2ccco2)cc1. The van der Waals surface area contributed by atoms with Crippen LogP contribution >= 0.6 is 0 Å². The zero-order chi connectivity index (χ0) is 22.6. The van der Waals surface area contributed by atoms with Gasteiger partial charge in [-0.25, -0.2) is 8.42 Å². The number of rotatable bonds is 7. The standard InChI is InChI=1S/C22H23N3O5S/c1-15-6-4-7-16(2)21(15)24-31(28,29)18-11-9-17(10-12-18)23-20(26)14-25(3)22(27)19-8-5-13-30-19/h4-13,24H,14H2,1-3H3,(H,23,26). The van der Waals surface area contributed by atoms with Crippen LogP contribution in [0.2, 0.25) is 0 Å². The third kappa shape index (κ3) is 5.32. The summed E-state index contributed by atoms with van der Waals surface area (Å²) >= 11 is 0. The Hall–Kier alpha value is -3.59. The summed E-state index contributed by atoms with van der Waals surface area (Å²) in [5.74, 6) is -0.702. The Morgan fingerprint density at radius 3 is 2.19 bits per heavy atom. The molecule has 2 amide bonds. The number of anilines is 2. The molecular weight excluding hydrogens is 418 g/mol. The molecule has 0 aliphatic carbocycles. The number of benzene rings is 2. The minimum Gasteiger partial charge on any atom is -0.459 e. The number of furan rings is 1. The third-order valence-electron chi connectivity index (χ3n) is 4.63. The molecule has 2 aromatic carbocycles. The van der Waals surface area contributed by atoms with E-state index in [9.17, 15) is 18.0 Å². The van der Waals surface area contributed by atoms with Gasteiger partial charge in [0.15, 0.2) is 5.76 Å². The molecule has 8 nitrogen and oxygen atoms in total. The molecule has 0 bridgehead atoms. The molecule has 1 aromatic heterocycles. The predicted octanol–water partition coefficient (Wildman–Crippen LogP) is 3.41. The van der Waals surface area contributed by atoms with E-state index >= 15 is 0 Å². The zero-order valence-electron chi connectivity index (χ0n) is 17.4. The van der Waals surface area contributed by atoms with Gasteiger partial charge < -0.3 is 14.6 Å². The van der Waals surface area contributed by atoms with Crippen LogP contribution in [0.3, 0.4) is 0 Å². The lowest BCUT2D eigenvalue weighted by Gasteiger charge is -2.16. The quantitative estimate of drug-likeness (QED) is 0.584. The molecule has 0 spiro atoms. The van der Waals surface area contributed by atoms with Crippen molar-refractivity contribution in [2.45, 2.75) is 18.7 Å². The topological polar surface area (TPSA) is 109 Å². The van der Waals surface area contributed by atoms with Gasteiger partial charge in [-0.15, -0.1) is 0 Å². The van der Waals surface area contributed by atoms with Crippen LogP contribution in [-0.2, 0) is 14.8 Å². The number of carbonyl (C=O) groups excluding carboxylic acids is 2. The molecule has 9 heteroatoms. The fourth-order valence-corrected chi connectivity index (χ4v) is 4.17. The molecule has 0 fully saturated rings. The summed E-state index contributed by atoms with van der Waals surface area (Å²) in [7, 11) is -2.30. The number of amides is 2. The van der Waals surface area contributed by atoms with E-state index in [2.05, 4.69) is 10.0 Å². The van der Waals surface area contributed by atoms with Crippen LogP contribution in [0.1, 0.15) is 21.7 Å². The van der Waals surface area contributed by atoms with Gasteiger partial charge in [0.2, 0.25) is 5.91 Å². The highest BCUT2D eigenvalue weighted by Crippen LogP contribution is 2.24. The van der Waals surface area contributed by atoms with Crippen molar-refractivity contribution in [3.63, 3.8) is 0 Å². The number of carbonyl (C=O) groups is 2. The van der Waals surface area contributed by atoms with E-state index in [1.165, 1.54) is 48.5 Å². The van der Waals surface area contributed by atoms with Crippen LogP contribution < -0.4 is 10.0 Å². The van der Waals surface area contributed by atoms with Crippen LogP contribution in [0.5, 0.6) is 0 Å². The fourth-order valence-electron chi connectivity index (χ4n) is 2.96. The number of hydrogen-bond donors (Lipinski definition) is 2. The number of likely N-dealkylation sites (N-methyl/N-ethyl adjacent to an activating group) is 1. The second-order valence-corrected chi connectivity index (χ2v) is 8.77. The summed E-state index contributed by atoms with van der Waals surface area (Å²) < 4.78 is 33.1. The highest BCUT2D eigenvalue weighted by molar-refractivity contribution is 7.92. The first-order valence-corrected chi connectivity index (χ1v) is 10.9. The van der Waals surface area contributed by atoms with E-state index in [0.29, 0.717) is 11.4 Å². The number of nitrogens with zero attached hydrogens (tertiary/aromatic N) is 1. The van der Waals surface area contributed by atoms with Gasteiger partial charge in [-0.2, -0.15) is 0 Å². The maximum atomic E-state index is 12.7. The van der Waals surface area contributed by atoms with Crippen molar-refractivity contribution in [1.29, 1.82) is 0 Å². The summed E-state index contributed by atoms with van der Waals surface area (Å²) in [6, 6.07) is 14.4. The van der Waals surface area contributed by atoms with Crippen molar-refractivity contribution < 1.29 is 22.4 Å². The van der Waals surface area contributed by atoms with Gasteiger partial charge in [0, 0.05) is 12.7 Å². The lowest BCUT2D eigenvalue weighted by Crippen LogP contribution is -2.34. The van der Waals surface area contributed by atoms with Crippen molar-refractivity contribution >= 4 is 33.2 Å². The van der Waals surface area contributed by atoms with Gasteiger partial charge in [0.25, 0.3) is 15.9 Å². The molecule has 3 aromatic rings.